The lowest BCUT2D eigenvalue weighted by Crippen LogP contribution is -2.51. The van der Waals surface area contributed by atoms with Crippen LogP contribution in [0.2, 0.25) is 0 Å². The average Bonchev–Trinajstić information content (AvgIpc) is 2.88. The highest BCUT2D eigenvalue weighted by Crippen LogP contribution is 2.16. The zero-order valence-electron chi connectivity index (χ0n) is 12.6. The second-order valence-corrected chi connectivity index (χ2v) is 5.55. The Bertz CT molecular complexity index is 592. The molecule has 1 aromatic rings. The van der Waals surface area contributed by atoms with Crippen molar-refractivity contribution in [3.8, 4) is 0 Å². The summed E-state index contributed by atoms with van der Waals surface area (Å²) in [7, 11) is 0. The third-order valence-corrected chi connectivity index (χ3v) is 3.90. The van der Waals surface area contributed by atoms with E-state index < -0.39 is 6.03 Å². The quantitative estimate of drug-likeness (QED) is 0.698. The van der Waals surface area contributed by atoms with Crippen LogP contribution in [0, 0.1) is 0 Å². The lowest BCUT2D eigenvalue weighted by molar-refractivity contribution is -0.130. The molecule has 4 amide bonds. The van der Waals surface area contributed by atoms with Crippen LogP contribution in [0.1, 0.15) is 12.8 Å². The molecular formula is C14H18N6O3. The van der Waals surface area contributed by atoms with Crippen molar-refractivity contribution in [3.05, 3.63) is 18.6 Å². The summed E-state index contributed by atoms with van der Waals surface area (Å²) in [5.41, 5.74) is 0. The molecule has 2 N–H and O–H groups in total. The molecule has 23 heavy (non-hydrogen) atoms. The van der Waals surface area contributed by atoms with Gasteiger partial charge in [-0.05, 0) is 12.8 Å². The van der Waals surface area contributed by atoms with Gasteiger partial charge in [0.15, 0.2) is 0 Å². The number of amides is 4. The van der Waals surface area contributed by atoms with Crippen molar-refractivity contribution in [2.75, 3.05) is 31.1 Å². The molecule has 3 heterocycles. The van der Waals surface area contributed by atoms with E-state index in [0.29, 0.717) is 6.54 Å². The predicted octanol–water partition coefficient (Wildman–Crippen LogP) is -0.887. The number of piperidine rings is 1. The molecular weight excluding hydrogens is 300 g/mol. The number of hydrogen-bond donors (Lipinski definition) is 2. The third kappa shape index (κ3) is 3.55. The van der Waals surface area contributed by atoms with E-state index in [1.807, 2.05) is 0 Å². The molecule has 0 aromatic carbocycles. The fourth-order valence-electron chi connectivity index (χ4n) is 2.79. The van der Waals surface area contributed by atoms with Gasteiger partial charge in [0, 0.05) is 31.5 Å². The third-order valence-electron chi connectivity index (χ3n) is 3.90. The van der Waals surface area contributed by atoms with Crippen LogP contribution in [0.4, 0.5) is 10.6 Å². The Labute approximate surface area is 133 Å². The molecule has 2 fully saturated rings. The van der Waals surface area contributed by atoms with Crippen LogP contribution >= 0.6 is 0 Å². The standard InChI is InChI=1S/C14H18N6O3/c21-12(9-20-13(22)7-17-14(20)23)18-10-2-1-5-19(8-10)11-6-15-3-4-16-11/h3-4,6,10H,1-2,5,7-9H2,(H,17,23)(H,18,21)/t10-/m1/s1. The second kappa shape index (κ2) is 6.59. The minimum absolute atomic E-state index is 0.0426. The number of carbonyl (C=O) groups is 3. The maximum atomic E-state index is 12.1. The molecule has 9 heteroatoms. The van der Waals surface area contributed by atoms with Crippen LogP contribution in [0.3, 0.4) is 0 Å². The van der Waals surface area contributed by atoms with Gasteiger partial charge in [-0.2, -0.15) is 0 Å². The average molecular weight is 318 g/mol. The number of carbonyl (C=O) groups excluding carboxylic acids is 3. The van der Waals surface area contributed by atoms with E-state index in [0.717, 1.165) is 30.1 Å². The van der Waals surface area contributed by atoms with Crippen molar-refractivity contribution < 1.29 is 14.4 Å². The van der Waals surface area contributed by atoms with Gasteiger partial charge in [-0.1, -0.05) is 0 Å². The minimum atomic E-state index is -0.519. The van der Waals surface area contributed by atoms with Crippen molar-refractivity contribution in [2.45, 2.75) is 18.9 Å². The second-order valence-electron chi connectivity index (χ2n) is 5.55. The van der Waals surface area contributed by atoms with E-state index in [-0.39, 0.29) is 30.9 Å². The predicted molar refractivity (Wildman–Crippen MR) is 80.5 cm³/mol. The van der Waals surface area contributed by atoms with Crippen molar-refractivity contribution in [1.29, 1.82) is 0 Å². The van der Waals surface area contributed by atoms with Crippen LogP contribution < -0.4 is 15.5 Å². The molecule has 0 saturated carbocycles. The number of nitrogens with one attached hydrogen (secondary N) is 2. The Kier molecular flexibility index (Phi) is 4.35. The van der Waals surface area contributed by atoms with Gasteiger partial charge in [0.1, 0.15) is 12.4 Å². The molecule has 0 bridgehead atoms. The Morgan fingerprint density at radius 3 is 2.96 bits per heavy atom. The first-order valence-electron chi connectivity index (χ1n) is 7.52. The number of urea groups is 1. The maximum absolute atomic E-state index is 12.1. The monoisotopic (exact) mass is 318 g/mol. The first-order valence-corrected chi connectivity index (χ1v) is 7.52. The molecule has 1 atom stereocenters. The van der Waals surface area contributed by atoms with Gasteiger partial charge in [-0.3, -0.25) is 19.5 Å². The zero-order chi connectivity index (χ0) is 16.2. The maximum Gasteiger partial charge on any atom is 0.325 e. The summed E-state index contributed by atoms with van der Waals surface area (Å²) in [6.45, 7) is 1.20. The van der Waals surface area contributed by atoms with E-state index in [1.165, 1.54) is 0 Å². The van der Waals surface area contributed by atoms with Crippen LogP contribution in [0.15, 0.2) is 18.6 Å². The Morgan fingerprint density at radius 2 is 2.26 bits per heavy atom. The van der Waals surface area contributed by atoms with E-state index in [9.17, 15) is 14.4 Å². The first kappa shape index (κ1) is 15.2. The summed E-state index contributed by atoms with van der Waals surface area (Å²) in [4.78, 5) is 46.3. The van der Waals surface area contributed by atoms with Gasteiger partial charge in [0.2, 0.25) is 5.91 Å². The summed E-state index contributed by atoms with van der Waals surface area (Å²) in [6, 6.07) is -0.561. The number of aromatic nitrogens is 2. The molecule has 1 aromatic heterocycles. The molecule has 9 nitrogen and oxygen atoms in total. The smallest absolute Gasteiger partial charge is 0.325 e. The molecule has 2 saturated heterocycles. The molecule has 0 radical (unpaired) electrons. The van der Waals surface area contributed by atoms with Gasteiger partial charge in [0.25, 0.3) is 5.91 Å². The van der Waals surface area contributed by atoms with Crippen molar-refractivity contribution in [3.63, 3.8) is 0 Å². The molecule has 2 aliphatic heterocycles. The Morgan fingerprint density at radius 1 is 1.39 bits per heavy atom. The molecule has 0 unspecified atom stereocenters. The van der Waals surface area contributed by atoms with Crippen LogP contribution in [0.5, 0.6) is 0 Å². The van der Waals surface area contributed by atoms with Crippen molar-refractivity contribution in [1.82, 2.24) is 25.5 Å². The topological polar surface area (TPSA) is 108 Å². The van der Waals surface area contributed by atoms with E-state index in [1.54, 1.807) is 18.6 Å². The van der Waals surface area contributed by atoms with Crippen molar-refractivity contribution >= 4 is 23.7 Å². The zero-order valence-corrected chi connectivity index (χ0v) is 12.6. The van der Waals surface area contributed by atoms with Crippen molar-refractivity contribution in [2.24, 2.45) is 0 Å². The van der Waals surface area contributed by atoms with E-state index >= 15 is 0 Å². The number of nitrogens with zero attached hydrogens (tertiary/aromatic N) is 4. The lowest BCUT2D eigenvalue weighted by atomic mass is 10.1. The largest absolute Gasteiger partial charge is 0.353 e. The Balaban J connectivity index is 1.54. The summed E-state index contributed by atoms with van der Waals surface area (Å²) >= 11 is 0. The van der Waals surface area contributed by atoms with Crippen LogP contribution in [-0.4, -0.2) is 64.9 Å². The first-order chi connectivity index (χ1) is 11.1. The Hall–Kier alpha value is -2.71. The molecule has 0 spiro atoms. The van der Waals surface area contributed by atoms with Crippen LogP contribution in [-0.2, 0) is 9.59 Å². The minimum Gasteiger partial charge on any atom is -0.353 e. The number of anilines is 1. The SMILES string of the molecule is O=C(CN1C(=O)CNC1=O)N[C@@H]1CCCN(c2cnccn2)C1. The molecule has 0 aliphatic carbocycles. The van der Waals surface area contributed by atoms with E-state index in [2.05, 4.69) is 25.5 Å². The van der Waals surface area contributed by atoms with Crippen LogP contribution in [0.25, 0.3) is 0 Å². The van der Waals surface area contributed by atoms with E-state index in [4.69, 9.17) is 0 Å². The fourth-order valence-corrected chi connectivity index (χ4v) is 2.79. The van der Waals surface area contributed by atoms with Gasteiger partial charge >= 0.3 is 6.03 Å². The molecule has 122 valence electrons. The summed E-state index contributed by atoms with van der Waals surface area (Å²) < 4.78 is 0. The molecule has 3 rings (SSSR count). The normalized spacial score (nSPS) is 21.3. The van der Waals surface area contributed by atoms with Gasteiger partial charge in [-0.15, -0.1) is 0 Å². The van der Waals surface area contributed by atoms with Gasteiger partial charge in [-0.25, -0.2) is 9.78 Å². The number of hydrogen-bond acceptors (Lipinski definition) is 6. The highest BCUT2D eigenvalue weighted by atomic mass is 16.2. The summed E-state index contributed by atoms with van der Waals surface area (Å²) in [5.74, 6) is 0.0666. The lowest BCUT2D eigenvalue weighted by Gasteiger charge is -2.33. The van der Waals surface area contributed by atoms with Gasteiger partial charge < -0.3 is 15.5 Å². The highest BCUT2D eigenvalue weighted by Gasteiger charge is 2.31. The fraction of sp³-hybridized carbons (Fsp3) is 0.500. The number of rotatable bonds is 4. The summed E-state index contributed by atoms with van der Waals surface area (Å²) in [6.07, 6.45) is 6.71. The molecule has 2 aliphatic rings. The number of imide groups is 1. The highest BCUT2D eigenvalue weighted by molar-refractivity contribution is 6.04. The summed E-state index contributed by atoms with van der Waals surface area (Å²) in [5, 5.41) is 5.27. The van der Waals surface area contributed by atoms with Gasteiger partial charge in [0.05, 0.1) is 12.7 Å².